The minimum Gasteiger partial charge on any atom is -0.377 e. The Kier molecular flexibility index (Phi) is 11.8. The van der Waals surface area contributed by atoms with E-state index in [9.17, 15) is 14.4 Å². The number of carbonyl (C=O) groups is 3. The van der Waals surface area contributed by atoms with Gasteiger partial charge < -0.3 is 15.4 Å². The van der Waals surface area contributed by atoms with Crippen LogP contribution in [0.5, 0.6) is 0 Å². The lowest BCUT2D eigenvalue weighted by molar-refractivity contribution is -0.140. The van der Waals surface area contributed by atoms with Crippen LogP contribution < -0.4 is 16.1 Å². The molecule has 3 atom stereocenters. The van der Waals surface area contributed by atoms with Gasteiger partial charge in [0.25, 0.3) is 0 Å². The molecule has 0 aliphatic carbocycles. The molecular weight excluding hydrogens is 434 g/mol. The number of hydrogen-bond donors (Lipinski definition) is 4. The molecule has 2 aromatic rings. The maximum Gasteiger partial charge on any atom is 0.246 e. The normalized spacial score (nSPS) is 13.4. The van der Waals surface area contributed by atoms with Crippen molar-refractivity contribution < 1.29 is 24.3 Å². The lowest BCUT2D eigenvalue weighted by Crippen LogP contribution is -2.50. The van der Waals surface area contributed by atoms with Gasteiger partial charge in [0.2, 0.25) is 17.7 Å². The standard InChI is InChI=1S/C26H35N3O5/c1-19(24(30)29-33)22(15-9-10-16-34-18-21-13-7-4-8-14-21)25(31)28-23(26(32)27-2)17-20-11-5-3-6-12-20/h3-8,11-14,19,22-23,33H,9-10,15-18H2,1-2H3,(H,27,32)(H,28,31)(H,29,30)/t19-,22+,23-/m0/s1. The fourth-order valence-electron chi connectivity index (χ4n) is 3.74. The molecule has 8 heteroatoms. The van der Waals surface area contributed by atoms with Crippen molar-refractivity contribution in [3.63, 3.8) is 0 Å². The van der Waals surface area contributed by atoms with E-state index in [1.807, 2.05) is 60.7 Å². The maximum atomic E-state index is 13.1. The first-order valence-electron chi connectivity index (χ1n) is 11.6. The number of nitrogens with one attached hydrogen (secondary N) is 3. The molecule has 2 rings (SSSR count). The first-order valence-corrected chi connectivity index (χ1v) is 11.6. The minimum absolute atomic E-state index is 0.315. The fraction of sp³-hybridized carbons (Fsp3) is 0.423. The third kappa shape index (κ3) is 8.96. The van der Waals surface area contributed by atoms with Crippen LogP contribution in [0.3, 0.4) is 0 Å². The predicted molar refractivity (Wildman–Crippen MR) is 129 cm³/mol. The molecule has 0 fully saturated rings. The molecule has 0 saturated carbocycles. The van der Waals surface area contributed by atoms with Crippen LogP contribution in [0.25, 0.3) is 0 Å². The van der Waals surface area contributed by atoms with Crippen molar-refractivity contribution in [1.82, 2.24) is 16.1 Å². The molecule has 2 aromatic carbocycles. The zero-order valence-electron chi connectivity index (χ0n) is 19.8. The van der Waals surface area contributed by atoms with Crippen LogP contribution in [-0.4, -0.2) is 42.6 Å². The van der Waals surface area contributed by atoms with Gasteiger partial charge in [-0.3, -0.25) is 19.6 Å². The van der Waals surface area contributed by atoms with Crippen molar-refractivity contribution in [3.05, 3.63) is 71.8 Å². The molecule has 0 aromatic heterocycles. The first-order chi connectivity index (χ1) is 16.5. The van der Waals surface area contributed by atoms with Gasteiger partial charge >= 0.3 is 0 Å². The number of carbonyl (C=O) groups excluding carboxylic acids is 3. The fourth-order valence-corrected chi connectivity index (χ4v) is 3.74. The van der Waals surface area contributed by atoms with Gasteiger partial charge in [-0.25, -0.2) is 5.48 Å². The zero-order valence-corrected chi connectivity index (χ0v) is 19.8. The minimum atomic E-state index is -0.777. The van der Waals surface area contributed by atoms with Gasteiger partial charge in [0, 0.05) is 31.9 Å². The largest absolute Gasteiger partial charge is 0.377 e. The Hall–Kier alpha value is -3.23. The molecule has 0 spiro atoms. The highest BCUT2D eigenvalue weighted by Crippen LogP contribution is 2.20. The molecule has 0 heterocycles. The number of amides is 3. The smallest absolute Gasteiger partial charge is 0.246 e. The third-order valence-corrected chi connectivity index (χ3v) is 5.79. The summed E-state index contributed by atoms with van der Waals surface area (Å²) in [5, 5.41) is 14.5. The average molecular weight is 470 g/mol. The van der Waals surface area contributed by atoms with Crippen molar-refractivity contribution in [3.8, 4) is 0 Å². The van der Waals surface area contributed by atoms with Gasteiger partial charge in [-0.1, -0.05) is 74.0 Å². The maximum absolute atomic E-state index is 13.1. The Balaban J connectivity index is 1.95. The number of benzene rings is 2. The average Bonchev–Trinajstić information content (AvgIpc) is 2.87. The molecule has 34 heavy (non-hydrogen) atoms. The second-order valence-corrected chi connectivity index (χ2v) is 8.27. The van der Waals surface area contributed by atoms with Gasteiger partial charge in [0.1, 0.15) is 6.04 Å². The van der Waals surface area contributed by atoms with E-state index in [0.29, 0.717) is 38.9 Å². The van der Waals surface area contributed by atoms with E-state index >= 15 is 0 Å². The van der Waals surface area contributed by atoms with Gasteiger partial charge in [0.15, 0.2) is 0 Å². The van der Waals surface area contributed by atoms with Crippen LogP contribution in [0.2, 0.25) is 0 Å². The van der Waals surface area contributed by atoms with Crippen molar-refractivity contribution in [2.45, 2.75) is 45.3 Å². The number of hydroxylamine groups is 1. The van der Waals surface area contributed by atoms with Crippen LogP contribution in [0, 0.1) is 11.8 Å². The molecular formula is C26H35N3O5. The Morgan fingerprint density at radius 2 is 1.50 bits per heavy atom. The molecule has 4 N–H and O–H groups in total. The van der Waals surface area contributed by atoms with Crippen LogP contribution in [0.15, 0.2) is 60.7 Å². The van der Waals surface area contributed by atoms with Crippen molar-refractivity contribution in [1.29, 1.82) is 0 Å². The summed E-state index contributed by atoms with van der Waals surface area (Å²) >= 11 is 0. The zero-order chi connectivity index (χ0) is 24.8. The second-order valence-electron chi connectivity index (χ2n) is 8.27. The van der Waals surface area contributed by atoms with Crippen LogP contribution >= 0.6 is 0 Å². The first kappa shape index (κ1) is 27.0. The van der Waals surface area contributed by atoms with E-state index < -0.39 is 29.7 Å². The molecule has 0 saturated heterocycles. The molecule has 0 bridgehead atoms. The number of ether oxygens (including phenoxy) is 1. The summed E-state index contributed by atoms with van der Waals surface area (Å²) in [6.07, 6.45) is 2.11. The highest BCUT2D eigenvalue weighted by Gasteiger charge is 2.32. The summed E-state index contributed by atoms with van der Waals surface area (Å²) in [4.78, 5) is 37.6. The van der Waals surface area contributed by atoms with Crippen LogP contribution in [0.1, 0.15) is 37.3 Å². The van der Waals surface area contributed by atoms with E-state index in [-0.39, 0.29) is 5.91 Å². The number of hydrogen-bond acceptors (Lipinski definition) is 5. The van der Waals surface area contributed by atoms with Crippen LogP contribution in [-0.2, 0) is 32.1 Å². The van der Waals surface area contributed by atoms with Gasteiger partial charge in [-0.15, -0.1) is 0 Å². The highest BCUT2D eigenvalue weighted by molar-refractivity contribution is 5.91. The number of unbranched alkanes of at least 4 members (excludes halogenated alkanes) is 1. The Morgan fingerprint density at radius 1 is 0.882 bits per heavy atom. The van der Waals surface area contributed by atoms with E-state index in [1.165, 1.54) is 7.05 Å². The lowest BCUT2D eigenvalue weighted by atomic mass is 9.87. The molecule has 3 amide bonds. The predicted octanol–water partition coefficient (Wildman–Crippen LogP) is 2.60. The highest BCUT2D eigenvalue weighted by atomic mass is 16.5. The summed E-state index contributed by atoms with van der Waals surface area (Å²) in [6.45, 7) is 2.63. The number of rotatable bonds is 14. The van der Waals surface area contributed by atoms with Crippen molar-refractivity contribution >= 4 is 17.7 Å². The molecule has 0 radical (unpaired) electrons. The molecule has 0 unspecified atom stereocenters. The van der Waals surface area contributed by atoms with Gasteiger partial charge in [0.05, 0.1) is 6.61 Å². The van der Waals surface area contributed by atoms with E-state index in [2.05, 4.69) is 10.6 Å². The molecule has 8 nitrogen and oxygen atoms in total. The lowest BCUT2D eigenvalue weighted by Gasteiger charge is -2.25. The summed E-state index contributed by atoms with van der Waals surface area (Å²) in [5.41, 5.74) is 3.63. The Labute approximate surface area is 201 Å². The quantitative estimate of drug-likeness (QED) is 0.193. The van der Waals surface area contributed by atoms with Crippen molar-refractivity contribution in [2.24, 2.45) is 11.8 Å². The molecule has 0 aliphatic heterocycles. The topological polar surface area (TPSA) is 117 Å². The van der Waals surface area contributed by atoms with E-state index in [4.69, 9.17) is 9.94 Å². The molecule has 0 aliphatic rings. The van der Waals surface area contributed by atoms with E-state index in [0.717, 1.165) is 11.1 Å². The molecule has 184 valence electrons. The monoisotopic (exact) mass is 469 g/mol. The summed E-state index contributed by atoms with van der Waals surface area (Å²) in [7, 11) is 1.52. The SMILES string of the molecule is CNC(=O)[C@H](Cc1ccccc1)NC(=O)[C@H](CCCCOCc1ccccc1)[C@H](C)C(=O)NO. The Bertz CT molecular complexity index is 892. The Morgan fingerprint density at radius 3 is 2.09 bits per heavy atom. The van der Waals surface area contributed by atoms with Crippen molar-refractivity contribution in [2.75, 3.05) is 13.7 Å². The van der Waals surface area contributed by atoms with E-state index in [1.54, 1.807) is 12.4 Å². The summed E-state index contributed by atoms with van der Waals surface area (Å²) in [6, 6.07) is 18.5. The summed E-state index contributed by atoms with van der Waals surface area (Å²) in [5.74, 6) is -2.82. The van der Waals surface area contributed by atoms with Gasteiger partial charge in [-0.2, -0.15) is 0 Å². The summed E-state index contributed by atoms with van der Waals surface area (Å²) < 4.78 is 5.70. The van der Waals surface area contributed by atoms with Crippen LogP contribution in [0.4, 0.5) is 0 Å². The van der Waals surface area contributed by atoms with Gasteiger partial charge in [-0.05, 0) is 24.0 Å². The second kappa shape index (κ2) is 14.8. The third-order valence-electron chi connectivity index (χ3n) is 5.79. The number of likely N-dealkylation sites (N-methyl/N-ethyl adjacent to an activating group) is 1.